The second-order valence-corrected chi connectivity index (χ2v) is 6.47. The molecule has 0 aliphatic carbocycles. The lowest BCUT2D eigenvalue weighted by Gasteiger charge is -2.03. The van der Waals surface area contributed by atoms with Gasteiger partial charge in [-0.1, -0.05) is 78.0 Å². The van der Waals surface area contributed by atoms with Crippen molar-refractivity contribution in [1.29, 1.82) is 0 Å². The molecule has 134 valence electrons. The minimum atomic E-state index is -0.484. The van der Waals surface area contributed by atoms with Crippen LogP contribution in [0.1, 0.15) is 11.3 Å². The zero-order valence-corrected chi connectivity index (χ0v) is 14.8. The molecular weight excluding hydrogens is 350 g/mol. The van der Waals surface area contributed by atoms with Crippen molar-refractivity contribution in [1.82, 2.24) is 0 Å². The second kappa shape index (κ2) is 6.67. The molecular formula is C24H15NO3. The fourth-order valence-corrected chi connectivity index (χ4v) is 3.37. The van der Waals surface area contributed by atoms with E-state index in [1.807, 2.05) is 66.7 Å². The quantitative estimate of drug-likeness (QED) is 0.359. The number of carbonyl (C=O) groups is 1. The van der Waals surface area contributed by atoms with E-state index in [1.54, 1.807) is 6.08 Å². The summed E-state index contributed by atoms with van der Waals surface area (Å²) in [6.45, 7) is 0. The van der Waals surface area contributed by atoms with E-state index in [4.69, 9.17) is 9.25 Å². The molecule has 0 N–H and O–H groups in total. The Hall–Kier alpha value is -3.92. The van der Waals surface area contributed by atoms with E-state index in [9.17, 15) is 4.79 Å². The molecule has 1 aliphatic heterocycles. The van der Waals surface area contributed by atoms with Crippen LogP contribution in [0.15, 0.2) is 100 Å². The molecule has 0 unspecified atom stereocenters. The minimum absolute atomic E-state index is 0.380. The maximum atomic E-state index is 12.2. The first-order chi connectivity index (χ1) is 13.8. The van der Waals surface area contributed by atoms with Crippen LogP contribution in [0, 0.1) is 0 Å². The molecule has 1 aliphatic rings. The van der Waals surface area contributed by atoms with E-state index < -0.39 is 5.97 Å². The van der Waals surface area contributed by atoms with E-state index in [0.29, 0.717) is 17.0 Å². The first kappa shape index (κ1) is 16.3. The van der Waals surface area contributed by atoms with Gasteiger partial charge in [0.05, 0.1) is 5.57 Å². The third kappa shape index (κ3) is 2.81. The second-order valence-electron chi connectivity index (χ2n) is 6.47. The molecule has 0 atom stereocenters. The average Bonchev–Trinajstić information content (AvgIpc) is 3.36. The summed E-state index contributed by atoms with van der Waals surface area (Å²) in [6, 6.07) is 27.5. The molecule has 0 spiro atoms. The van der Waals surface area contributed by atoms with Gasteiger partial charge in [-0.3, -0.25) is 0 Å². The molecule has 2 heterocycles. The molecule has 1 aromatic heterocycles. The molecule has 28 heavy (non-hydrogen) atoms. The Kier molecular flexibility index (Phi) is 3.87. The van der Waals surface area contributed by atoms with E-state index in [-0.39, 0.29) is 0 Å². The van der Waals surface area contributed by atoms with E-state index in [1.165, 1.54) is 0 Å². The third-order valence-corrected chi connectivity index (χ3v) is 4.71. The number of nitrogens with zero attached hydrogens (tertiary/aromatic N) is 1. The van der Waals surface area contributed by atoms with E-state index in [0.717, 1.165) is 27.7 Å². The van der Waals surface area contributed by atoms with Gasteiger partial charge in [0.25, 0.3) is 0 Å². The molecule has 0 fully saturated rings. The van der Waals surface area contributed by atoms with Crippen LogP contribution in [0.25, 0.3) is 28.2 Å². The summed E-state index contributed by atoms with van der Waals surface area (Å²) in [7, 11) is 0. The van der Waals surface area contributed by atoms with Crippen LogP contribution in [-0.2, 0) is 9.63 Å². The van der Waals surface area contributed by atoms with Crippen LogP contribution in [0.3, 0.4) is 0 Å². The Morgan fingerprint density at radius 3 is 2.46 bits per heavy atom. The standard InChI is InChI=1S/C24H15NO3/c26-24-21(23(25-28-24)17-8-2-1-3-9-17)15-18-13-14-22(27-18)20-12-6-10-16-7-4-5-11-19(16)20/h1-15H/b21-15-. The maximum Gasteiger partial charge on any atom is 0.368 e. The molecule has 4 aromatic rings. The van der Waals surface area contributed by atoms with Gasteiger partial charge in [-0.25, -0.2) is 4.79 Å². The zero-order chi connectivity index (χ0) is 18.9. The van der Waals surface area contributed by atoms with Crippen LogP contribution in [-0.4, -0.2) is 11.7 Å². The van der Waals surface area contributed by atoms with Crippen molar-refractivity contribution in [3.63, 3.8) is 0 Å². The first-order valence-corrected chi connectivity index (χ1v) is 8.94. The number of oxime groups is 1. The van der Waals surface area contributed by atoms with Gasteiger partial charge in [0.2, 0.25) is 0 Å². The van der Waals surface area contributed by atoms with Gasteiger partial charge in [0.1, 0.15) is 17.2 Å². The summed E-state index contributed by atoms with van der Waals surface area (Å²) in [5.41, 5.74) is 2.72. The van der Waals surface area contributed by atoms with Crippen molar-refractivity contribution in [2.24, 2.45) is 5.16 Å². The summed E-state index contributed by atoms with van der Waals surface area (Å²) in [5, 5.41) is 6.19. The predicted molar refractivity (Wildman–Crippen MR) is 109 cm³/mol. The zero-order valence-electron chi connectivity index (χ0n) is 14.8. The molecule has 0 amide bonds. The molecule has 0 saturated carbocycles. The van der Waals surface area contributed by atoms with Gasteiger partial charge in [0, 0.05) is 11.1 Å². The Labute approximate surface area is 161 Å². The number of rotatable bonds is 3. The van der Waals surface area contributed by atoms with Gasteiger partial charge in [0.15, 0.2) is 0 Å². The average molecular weight is 365 g/mol. The van der Waals surface area contributed by atoms with Crippen molar-refractivity contribution in [3.05, 3.63) is 102 Å². The Balaban J connectivity index is 1.54. The fraction of sp³-hybridized carbons (Fsp3) is 0. The summed E-state index contributed by atoms with van der Waals surface area (Å²) in [4.78, 5) is 17.1. The van der Waals surface area contributed by atoms with Crippen molar-refractivity contribution < 1.29 is 14.0 Å². The fourth-order valence-electron chi connectivity index (χ4n) is 3.37. The van der Waals surface area contributed by atoms with Gasteiger partial charge in [-0.05, 0) is 29.0 Å². The van der Waals surface area contributed by atoms with Crippen LogP contribution in [0.4, 0.5) is 0 Å². The summed E-state index contributed by atoms with van der Waals surface area (Å²) < 4.78 is 6.03. The Morgan fingerprint density at radius 1 is 0.786 bits per heavy atom. The number of furan rings is 1. The predicted octanol–water partition coefficient (Wildman–Crippen LogP) is 5.44. The van der Waals surface area contributed by atoms with Crippen LogP contribution < -0.4 is 0 Å². The van der Waals surface area contributed by atoms with Gasteiger partial charge in [-0.15, -0.1) is 0 Å². The Morgan fingerprint density at radius 2 is 1.57 bits per heavy atom. The Bertz CT molecular complexity index is 1240. The number of carbonyl (C=O) groups excluding carboxylic acids is 1. The third-order valence-electron chi connectivity index (χ3n) is 4.71. The molecule has 0 saturated heterocycles. The van der Waals surface area contributed by atoms with Crippen molar-refractivity contribution in [2.45, 2.75) is 0 Å². The topological polar surface area (TPSA) is 51.8 Å². The first-order valence-electron chi connectivity index (χ1n) is 8.94. The highest BCUT2D eigenvalue weighted by molar-refractivity contribution is 6.31. The SMILES string of the molecule is O=C1ON=C(c2ccccc2)/C1=C/c1ccc(-c2cccc3ccccc23)o1. The smallest absolute Gasteiger partial charge is 0.368 e. The minimum Gasteiger partial charge on any atom is -0.457 e. The van der Waals surface area contributed by atoms with Gasteiger partial charge < -0.3 is 9.25 Å². The van der Waals surface area contributed by atoms with Crippen molar-refractivity contribution in [2.75, 3.05) is 0 Å². The lowest BCUT2D eigenvalue weighted by Crippen LogP contribution is -2.06. The largest absolute Gasteiger partial charge is 0.457 e. The normalized spacial score (nSPS) is 15.1. The van der Waals surface area contributed by atoms with Gasteiger partial charge >= 0.3 is 5.97 Å². The molecule has 5 rings (SSSR count). The summed E-state index contributed by atoms with van der Waals surface area (Å²) in [6.07, 6.45) is 1.68. The van der Waals surface area contributed by atoms with Crippen molar-refractivity contribution in [3.8, 4) is 11.3 Å². The molecule has 4 heteroatoms. The molecule has 0 bridgehead atoms. The highest BCUT2D eigenvalue weighted by Gasteiger charge is 2.27. The highest BCUT2D eigenvalue weighted by Crippen LogP contribution is 2.31. The highest BCUT2D eigenvalue weighted by atomic mass is 16.7. The number of hydrogen-bond acceptors (Lipinski definition) is 4. The monoisotopic (exact) mass is 365 g/mol. The summed E-state index contributed by atoms with van der Waals surface area (Å²) >= 11 is 0. The summed E-state index contributed by atoms with van der Waals surface area (Å²) in [5.74, 6) is 0.829. The van der Waals surface area contributed by atoms with Crippen molar-refractivity contribution >= 4 is 28.5 Å². The van der Waals surface area contributed by atoms with E-state index in [2.05, 4.69) is 23.4 Å². The maximum absolute atomic E-state index is 12.2. The van der Waals surface area contributed by atoms with E-state index >= 15 is 0 Å². The molecule has 4 nitrogen and oxygen atoms in total. The lowest BCUT2D eigenvalue weighted by molar-refractivity contribution is -0.136. The number of benzene rings is 3. The number of fused-ring (bicyclic) bond motifs is 1. The molecule has 3 aromatic carbocycles. The molecule has 0 radical (unpaired) electrons. The van der Waals surface area contributed by atoms with Gasteiger partial charge in [-0.2, -0.15) is 0 Å². The number of hydrogen-bond donors (Lipinski definition) is 0. The lowest BCUT2D eigenvalue weighted by atomic mass is 10.0. The van der Waals surface area contributed by atoms with Crippen LogP contribution in [0.2, 0.25) is 0 Å². The van der Waals surface area contributed by atoms with Crippen LogP contribution >= 0.6 is 0 Å². The van der Waals surface area contributed by atoms with Crippen LogP contribution in [0.5, 0.6) is 0 Å².